The van der Waals surface area contributed by atoms with Gasteiger partial charge in [-0.25, -0.2) is 4.39 Å². The van der Waals surface area contributed by atoms with Gasteiger partial charge in [0.1, 0.15) is 11.6 Å². The van der Waals surface area contributed by atoms with Crippen molar-refractivity contribution in [2.45, 2.75) is 0 Å². The van der Waals surface area contributed by atoms with E-state index in [1.165, 1.54) is 25.2 Å². The largest absolute Gasteiger partial charge is 0.507 e. The minimum absolute atomic E-state index is 0.153. The number of phenolic OH excluding ortho intramolecular Hbond substituents is 1. The summed E-state index contributed by atoms with van der Waals surface area (Å²) in [5.41, 5.74) is 0.369. The van der Waals surface area contributed by atoms with E-state index in [4.69, 9.17) is 11.6 Å². The summed E-state index contributed by atoms with van der Waals surface area (Å²) < 4.78 is 13.1. The number of phenols is 1. The molecular formula is C15H12ClFN2O3. The Labute approximate surface area is 130 Å². The van der Waals surface area contributed by atoms with Gasteiger partial charge in [-0.1, -0.05) is 11.6 Å². The number of benzene rings is 2. The molecule has 2 rings (SSSR count). The van der Waals surface area contributed by atoms with Crippen molar-refractivity contribution in [2.24, 2.45) is 0 Å². The molecule has 0 bridgehead atoms. The molecule has 0 unspecified atom stereocenters. The molecule has 5 nitrogen and oxygen atoms in total. The van der Waals surface area contributed by atoms with E-state index in [-0.39, 0.29) is 27.8 Å². The Hall–Kier alpha value is -2.60. The Bertz CT molecular complexity index is 750. The minimum Gasteiger partial charge on any atom is -0.507 e. The summed E-state index contributed by atoms with van der Waals surface area (Å²) in [6.45, 7) is 0. The maximum absolute atomic E-state index is 13.1. The zero-order chi connectivity index (χ0) is 16.3. The van der Waals surface area contributed by atoms with Crippen LogP contribution < -0.4 is 10.6 Å². The van der Waals surface area contributed by atoms with Crippen LogP contribution in [0.2, 0.25) is 5.02 Å². The summed E-state index contributed by atoms with van der Waals surface area (Å²) in [5, 5.41) is 14.6. The van der Waals surface area contributed by atoms with E-state index >= 15 is 0 Å². The molecule has 0 aliphatic rings. The lowest BCUT2D eigenvalue weighted by atomic mass is 10.1. The highest BCUT2D eigenvalue weighted by molar-refractivity contribution is 6.34. The van der Waals surface area contributed by atoms with Gasteiger partial charge in [0.15, 0.2) is 0 Å². The van der Waals surface area contributed by atoms with Crippen molar-refractivity contribution in [3.8, 4) is 5.75 Å². The van der Waals surface area contributed by atoms with E-state index < -0.39 is 11.7 Å². The van der Waals surface area contributed by atoms with Gasteiger partial charge in [-0.05, 0) is 36.4 Å². The summed E-state index contributed by atoms with van der Waals surface area (Å²) in [6, 6.07) is 7.37. The van der Waals surface area contributed by atoms with Crippen LogP contribution in [0, 0.1) is 5.82 Å². The SMILES string of the molecule is CNC(=O)c1ccc(NC(=O)c2cc(F)ccc2O)cc1Cl. The van der Waals surface area contributed by atoms with E-state index in [1.54, 1.807) is 0 Å². The van der Waals surface area contributed by atoms with E-state index in [2.05, 4.69) is 10.6 Å². The summed E-state index contributed by atoms with van der Waals surface area (Å²) in [5.74, 6) is -2.03. The Morgan fingerprint density at radius 2 is 1.82 bits per heavy atom. The molecule has 0 aliphatic carbocycles. The number of hydrogen-bond acceptors (Lipinski definition) is 3. The minimum atomic E-state index is -0.694. The maximum Gasteiger partial charge on any atom is 0.259 e. The average molecular weight is 323 g/mol. The lowest BCUT2D eigenvalue weighted by Crippen LogP contribution is -2.18. The first-order valence-corrected chi connectivity index (χ1v) is 6.61. The van der Waals surface area contributed by atoms with Crippen LogP contribution in [-0.2, 0) is 0 Å². The number of nitrogens with one attached hydrogen (secondary N) is 2. The number of amides is 2. The molecule has 0 saturated carbocycles. The van der Waals surface area contributed by atoms with Crippen LogP contribution in [0.15, 0.2) is 36.4 Å². The molecule has 0 aliphatic heterocycles. The van der Waals surface area contributed by atoms with Crippen LogP contribution >= 0.6 is 11.6 Å². The molecule has 7 heteroatoms. The summed E-state index contributed by atoms with van der Waals surface area (Å²) in [4.78, 5) is 23.5. The second-order valence-electron chi connectivity index (χ2n) is 4.39. The van der Waals surface area contributed by atoms with Crippen LogP contribution in [0.4, 0.5) is 10.1 Å². The van der Waals surface area contributed by atoms with Crippen molar-refractivity contribution in [2.75, 3.05) is 12.4 Å². The molecule has 0 heterocycles. The standard InChI is InChI=1S/C15H12ClFN2O3/c1-18-14(21)10-4-3-9(7-12(10)16)19-15(22)11-6-8(17)2-5-13(11)20/h2-7,20H,1H3,(H,18,21)(H,19,22). The molecule has 22 heavy (non-hydrogen) atoms. The van der Waals surface area contributed by atoms with Crippen LogP contribution in [-0.4, -0.2) is 24.0 Å². The summed E-state index contributed by atoms with van der Waals surface area (Å²) in [6.07, 6.45) is 0. The van der Waals surface area contributed by atoms with Crippen molar-refractivity contribution < 1.29 is 19.1 Å². The van der Waals surface area contributed by atoms with Crippen LogP contribution in [0.25, 0.3) is 0 Å². The molecule has 0 aromatic heterocycles. The lowest BCUT2D eigenvalue weighted by molar-refractivity contribution is 0.0962. The second kappa shape index (κ2) is 6.44. The predicted molar refractivity (Wildman–Crippen MR) is 80.9 cm³/mol. The Kier molecular flexibility index (Phi) is 4.62. The molecule has 0 atom stereocenters. The molecular weight excluding hydrogens is 311 g/mol. The third-order valence-electron chi connectivity index (χ3n) is 2.90. The number of carbonyl (C=O) groups is 2. The van der Waals surface area contributed by atoms with Gasteiger partial charge < -0.3 is 15.7 Å². The number of halogens is 2. The molecule has 0 fully saturated rings. The van der Waals surface area contributed by atoms with Gasteiger partial charge in [-0.2, -0.15) is 0 Å². The van der Waals surface area contributed by atoms with Gasteiger partial charge in [-0.15, -0.1) is 0 Å². The zero-order valence-electron chi connectivity index (χ0n) is 11.5. The fourth-order valence-electron chi connectivity index (χ4n) is 1.80. The van der Waals surface area contributed by atoms with E-state index in [9.17, 15) is 19.1 Å². The van der Waals surface area contributed by atoms with Crippen LogP contribution in [0.5, 0.6) is 5.75 Å². The van der Waals surface area contributed by atoms with Crippen LogP contribution in [0.1, 0.15) is 20.7 Å². The topological polar surface area (TPSA) is 78.4 Å². The summed E-state index contributed by atoms with van der Waals surface area (Å²) >= 11 is 5.97. The number of aromatic hydroxyl groups is 1. The first-order valence-electron chi connectivity index (χ1n) is 6.24. The van der Waals surface area contributed by atoms with E-state index in [0.29, 0.717) is 5.69 Å². The van der Waals surface area contributed by atoms with Gasteiger partial charge in [0.05, 0.1) is 16.1 Å². The molecule has 114 valence electrons. The maximum atomic E-state index is 13.1. The quantitative estimate of drug-likeness (QED) is 0.813. The first kappa shape index (κ1) is 15.8. The van der Waals surface area contributed by atoms with Gasteiger partial charge in [0.2, 0.25) is 0 Å². The molecule has 2 aromatic carbocycles. The number of carbonyl (C=O) groups excluding carboxylic acids is 2. The zero-order valence-corrected chi connectivity index (χ0v) is 12.2. The summed E-state index contributed by atoms with van der Waals surface area (Å²) in [7, 11) is 1.47. The highest BCUT2D eigenvalue weighted by Crippen LogP contribution is 2.23. The Morgan fingerprint density at radius 3 is 2.45 bits per heavy atom. The molecule has 3 N–H and O–H groups in total. The normalized spacial score (nSPS) is 10.1. The Balaban J connectivity index is 2.24. The molecule has 2 aromatic rings. The predicted octanol–water partition coefficient (Wildman–Crippen LogP) is 2.80. The van der Waals surface area contributed by atoms with Gasteiger partial charge >= 0.3 is 0 Å². The smallest absolute Gasteiger partial charge is 0.259 e. The third-order valence-corrected chi connectivity index (χ3v) is 3.21. The van der Waals surface area contributed by atoms with E-state index in [1.807, 2.05) is 0 Å². The molecule has 2 amide bonds. The number of anilines is 1. The fraction of sp³-hybridized carbons (Fsp3) is 0.0667. The van der Waals surface area contributed by atoms with Crippen molar-refractivity contribution in [1.29, 1.82) is 0 Å². The first-order chi connectivity index (χ1) is 10.4. The van der Waals surface area contributed by atoms with E-state index in [0.717, 1.165) is 18.2 Å². The van der Waals surface area contributed by atoms with Gasteiger partial charge in [0.25, 0.3) is 11.8 Å². The Morgan fingerprint density at radius 1 is 1.09 bits per heavy atom. The highest BCUT2D eigenvalue weighted by Gasteiger charge is 2.14. The number of rotatable bonds is 3. The molecule has 0 spiro atoms. The molecule has 0 radical (unpaired) electrons. The second-order valence-corrected chi connectivity index (χ2v) is 4.80. The average Bonchev–Trinajstić information content (AvgIpc) is 2.49. The molecule has 0 saturated heterocycles. The van der Waals surface area contributed by atoms with Crippen molar-refractivity contribution in [1.82, 2.24) is 5.32 Å². The highest BCUT2D eigenvalue weighted by atomic mass is 35.5. The van der Waals surface area contributed by atoms with Gasteiger partial charge in [-0.3, -0.25) is 9.59 Å². The van der Waals surface area contributed by atoms with Crippen molar-refractivity contribution >= 4 is 29.1 Å². The number of hydrogen-bond donors (Lipinski definition) is 3. The van der Waals surface area contributed by atoms with Crippen LogP contribution in [0.3, 0.4) is 0 Å². The fourth-order valence-corrected chi connectivity index (χ4v) is 2.07. The third kappa shape index (κ3) is 3.35. The van der Waals surface area contributed by atoms with Crippen molar-refractivity contribution in [3.05, 3.63) is 58.4 Å². The van der Waals surface area contributed by atoms with Crippen molar-refractivity contribution in [3.63, 3.8) is 0 Å². The monoisotopic (exact) mass is 322 g/mol. The lowest BCUT2D eigenvalue weighted by Gasteiger charge is -2.09. The van der Waals surface area contributed by atoms with Gasteiger partial charge in [0, 0.05) is 12.7 Å².